The maximum atomic E-state index is 6.10. The minimum atomic E-state index is 0.288. The van der Waals surface area contributed by atoms with E-state index in [-0.39, 0.29) is 6.04 Å². The topological polar surface area (TPSA) is 47.3 Å². The lowest BCUT2D eigenvalue weighted by atomic mass is 9.91. The molecule has 1 saturated carbocycles. The highest BCUT2D eigenvalue weighted by Gasteiger charge is 2.21. The Labute approximate surface area is 97.0 Å². The molecule has 0 spiro atoms. The summed E-state index contributed by atoms with van der Waals surface area (Å²) in [5, 5.41) is 3.50. The maximum Gasteiger partial charge on any atom is 0.119 e. The molecule has 0 heterocycles. The number of ether oxygens (including phenoxy) is 1. The van der Waals surface area contributed by atoms with Gasteiger partial charge in [0.1, 0.15) is 5.75 Å². The third-order valence-electron chi connectivity index (χ3n) is 3.26. The van der Waals surface area contributed by atoms with Gasteiger partial charge in [-0.3, -0.25) is 0 Å². The molecule has 1 aliphatic rings. The van der Waals surface area contributed by atoms with Crippen molar-refractivity contribution in [3.05, 3.63) is 24.3 Å². The van der Waals surface area contributed by atoms with Gasteiger partial charge in [0.25, 0.3) is 0 Å². The van der Waals surface area contributed by atoms with Crippen LogP contribution in [-0.2, 0) is 0 Å². The summed E-state index contributed by atoms with van der Waals surface area (Å²) in [6.07, 6.45) is 4.85. The Bertz CT molecular complexity index is 323. The second-order valence-corrected chi connectivity index (χ2v) is 4.43. The lowest BCUT2D eigenvalue weighted by molar-refractivity contribution is 0.403. The number of benzene rings is 1. The summed E-state index contributed by atoms with van der Waals surface area (Å²) >= 11 is 0. The molecule has 1 aromatic rings. The Morgan fingerprint density at radius 2 is 1.88 bits per heavy atom. The van der Waals surface area contributed by atoms with E-state index in [0.717, 1.165) is 17.9 Å². The van der Waals surface area contributed by atoms with Gasteiger partial charge in [-0.05, 0) is 37.1 Å². The predicted molar refractivity (Wildman–Crippen MR) is 66.8 cm³/mol. The Balaban J connectivity index is 1.96. The molecule has 0 bridgehead atoms. The van der Waals surface area contributed by atoms with Crippen LogP contribution in [0, 0.1) is 0 Å². The standard InChI is InChI=1S/C13H20N2O/c1-16-11-8-6-10(7-9-11)15-13-5-3-2-4-12(13)14/h6-9,12-13,15H,2-5,14H2,1H3. The normalized spacial score (nSPS) is 25.1. The van der Waals surface area contributed by atoms with Gasteiger partial charge in [0.05, 0.1) is 7.11 Å². The zero-order valence-electron chi connectivity index (χ0n) is 9.78. The van der Waals surface area contributed by atoms with Crippen LogP contribution in [-0.4, -0.2) is 19.2 Å². The van der Waals surface area contributed by atoms with Gasteiger partial charge in [0.2, 0.25) is 0 Å². The van der Waals surface area contributed by atoms with Gasteiger partial charge in [-0.15, -0.1) is 0 Å². The number of rotatable bonds is 3. The Kier molecular flexibility index (Phi) is 3.67. The molecular formula is C13H20N2O. The number of methoxy groups -OCH3 is 1. The second-order valence-electron chi connectivity index (χ2n) is 4.43. The fourth-order valence-corrected chi connectivity index (χ4v) is 2.24. The van der Waals surface area contributed by atoms with Crippen LogP contribution in [0.4, 0.5) is 5.69 Å². The van der Waals surface area contributed by atoms with Gasteiger partial charge in [0, 0.05) is 17.8 Å². The molecule has 0 aromatic heterocycles. The molecule has 0 radical (unpaired) electrons. The van der Waals surface area contributed by atoms with E-state index in [1.807, 2.05) is 24.3 Å². The fourth-order valence-electron chi connectivity index (χ4n) is 2.24. The molecule has 3 N–H and O–H groups in total. The Morgan fingerprint density at radius 3 is 2.50 bits per heavy atom. The molecule has 2 rings (SSSR count). The van der Waals surface area contributed by atoms with Gasteiger partial charge in [-0.1, -0.05) is 12.8 Å². The molecule has 2 atom stereocenters. The van der Waals surface area contributed by atoms with Crippen LogP contribution >= 0.6 is 0 Å². The fraction of sp³-hybridized carbons (Fsp3) is 0.538. The molecule has 2 unspecified atom stereocenters. The van der Waals surface area contributed by atoms with Gasteiger partial charge in [-0.2, -0.15) is 0 Å². The van der Waals surface area contributed by atoms with Crippen LogP contribution in [0.1, 0.15) is 25.7 Å². The van der Waals surface area contributed by atoms with E-state index < -0.39 is 0 Å². The first-order valence-electron chi connectivity index (χ1n) is 5.96. The van der Waals surface area contributed by atoms with E-state index in [2.05, 4.69) is 5.32 Å². The third kappa shape index (κ3) is 2.67. The number of nitrogens with two attached hydrogens (primary N) is 1. The summed E-state index contributed by atoms with van der Waals surface area (Å²) in [5.41, 5.74) is 7.22. The zero-order chi connectivity index (χ0) is 11.4. The minimum Gasteiger partial charge on any atom is -0.497 e. The van der Waals surface area contributed by atoms with Crippen LogP contribution in [0.3, 0.4) is 0 Å². The lowest BCUT2D eigenvalue weighted by Crippen LogP contribution is -2.42. The van der Waals surface area contributed by atoms with Crippen molar-refractivity contribution >= 4 is 5.69 Å². The molecule has 1 fully saturated rings. The zero-order valence-corrected chi connectivity index (χ0v) is 9.78. The Morgan fingerprint density at radius 1 is 1.19 bits per heavy atom. The molecule has 3 nitrogen and oxygen atoms in total. The number of hydrogen-bond donors (Lipinski definition) is 2. The maximum absolute atomic E-state index is 6.10. The van der Waals surface area contributed by atoms with E-state index >= 15 is 0 Å². The largest absolute Gasteiger partial charge is 0.497 e. The summed E-state index contributed by atoms with van der Waals surface area (Å²) < 4.78 is 5.13. The molecule has 16 heavy (non-hydrogen) atoms. The average Bonchev–Trinajstić information content (AvgIpc) is 2.33. The molecule has 0 saturated heterocycles. The lowest BCUT2D eigenvalue weighted by Gasteiger charge is -2.30. The average molecular weight is 220 g/mol. The second kappa shape index (κ2) is 5.21. The smallest absolute Gasteiger partial charge is 0.119 e. The summed E-state index contributed by atoms with van der Waals surface area (Å²) in [7, 11) is 1.68. The first kappa shape index (κ1) is 11.3. The van der Waals surface area contributed by atoms with Crippen molar-refractivity contribution in [1.82, 2.24) is 0 Å². The number of nitrogens with one attached hydrogen (secondary N) is 1. The SMILES string of the molecule is COc1ccc(NC2CCCCC2N)cc1. The monoisotopic (exact) mass is 220 g/mol. The van der Waals surface area contributed by atoms with Gasteiger partial charge in [0.15, 0.2) is 0 Å². The van der Waals surface area contributed by atoms with Crippen molar-refractivity contribution in [3.8, 4) is 5.75 Å². The van der Waals surface area contributed by atoms with Gasteiger partial charge >= 0.3 is 0 Å². The van der Waals surface area contributed by atoms with Crippen molar-refractivity contribution in [1.29, 1.82) is 0 Å². The van der Waals surface area contributed by atoms with Crippen molar-refractivity contribution in [2.24, 2.45) is 5.73 Å². The van der Waals surface area contributed by atoms with Crippen LogP contribution in [0.5, 0.6) is 5.75 Å². The number of anilines is 1. The van der Waals surface area contributed by atoms with Crippen LogP contribution in [0.2, 0.25) is 0 Å². The summed E-state index contributed by atoms with van der Waals surface area (Å²) in [6, 6.07) is 8.73. The van der Waals surface area contributed by atoms with Gasteiger partial charge in [-0.25, -0.2) is 0 Å². The highest BCUT2D eigenvalue weighted by atomic mass is 16.5. The molecule has 3 heteroatoms. The van der Waals surface area contributed by atoms with E-state index in [1.54, 1.807) is 7.11 Å². The number of hydrogen-bond acceptors (Lipinski definition) is 3. The summed E-state index contributed by atoms with van der Waals surface area (Å²) in [5.74, 6) is 0.887. The third-order valence-corrected chi connectivity index (χ3v) is 3.26. The van der Waals surface area contributed by atoms with E-state index in [4.69, 9.17) is 10.5 Å². The molecular weight excluding hydrogens is 200 g/mol. The molecule has 0 aliphatic heterocycles. The van der Waals surface area contributed by atoms with E-state index in [0.29, 0.717) is 6.04 Å². The molecule has 1 aliphatic carbocycles. The van der Waals surface area contributed by atoms with Crippen molar-refractivity contribution in [2.45, 2.75) is 37.8 Å². The van der Waals surface area contributed by atoms with Crippen molar-refractivity contribution in [3.63, 3.8) is 0 Å². The van der Waals surface area contributed by atoms with Crippen molar-refractivity contribution < 1.29 is 4.74 Å². The highest BCUT2D eigenvalue weighted by molar-refractivity contribution is 5.47. The molecule has 1 aromatic carbocycles. The first-order chi connectivity index (χ1) is 7.79. The quantitative estimate of drug-likeness (QED) is 0.822. The van der Waals surface area contributed by atoms with E-state index in [9.17, 15) is 0 Å². The van der Waals surface area contributed by atoms with Gasteiger partial charge < -0.3 is 15.8 Å². The molecule has 0 amide bonds. The highest BCUT2D eigenvalue weighted by Crippen LogP contribution is 2.22. The predicted octanol–water partition coefficient (Wildman–Crippen LogP) is 2.38. The minimum absolute atomic E-state index is 0.288. The van der Waals surface area contributed by atoms with E-state index in [1.165, 1.54) is 19.3 Å². The Hall–Kier alpha value is -1.22. The van der Waals surface area contributed by atoms with Crippen LogP contribution < -0.4 is 15.8 Å². The molecule has 88 valence electrons. The summed E-state index contributed by atoms with van der Waals surface area (Å²) in [4.78, 5) is 0. The van der Waals surface area contributed by atoms with Crippen LogP contribution in [0.25, 0.3) is 0 Å². The van der Waals surface area contributed by atoms with Crippen LogP contribution in [0.15, 0.2) is 24.3 Å². The summed E-state index contributed by atoms with van der Waals surface area (Å²) in [6.45, 7) is 0. The van der Waals surface area contributed by atoms with Crippen molar-refractivity contribution in [2.75, 3.05) is 12.4 Å². The first-order valence-corrected chi connectivity index (χ1v) is 5.96.